The summed E-state index contributed by atoms with van der Waals surface area (Å²) < 4.78 is 13.1. The molecule has 0 aliphatic carbocycles. The number of carboxylic acids is 2. The lowest BCUT2D eigenvalue weighted by Gasteiger charge is -2.18. The maximum Gasteiger partial charge on any atom is 0.303 e. The van der Waals surface area contributed by atoms with Gasteiger partial charge in [-0.05, 0) is 67.7 Å². The fraction of sp³-hybridized carbons (Fsp3) is 0.364. The van der Waals surface area contributed by atoms with Crippen LogP contribution in [0.1, 0.15) is 41.7 Å². The van der Waals surface area contributed by atoms with Crippen molar-refractivity contribution in [3.8, 4) is 0 Å². The fourth-order valence-electron chi connectivity index (χ4n) is 3.03. The average molecular weight is 454 g/mol. The molecule has 0 fully saturated rings. The topological polar surface area (TPSA) is 86.6 Å². The van der Waals surface area contributed by atoms with Crippen LogP contribution in [-0.4, -0.2) is 35.2 Å². The van der Waals surface area contributed by atoms with Gasteiger partial charge in [-0.3, -0.25) is 9.59 Å². The third kappa shape index (κ3) is 7.63. The molecule has 3 N–H and O–H groups in total. The van der Waals surface area contributed by atoms with Gasteiger partial charge in [0.2, 0.25) is 0 Å². The number of hydrogen-bond acceptors (Lipinski definition) is 4. The van der Waals surface area contributed by atoms with Crippen molar-refractivity contribution in [2.45, 2.75) is 42.8 Å². The minimum atomic E-state index is -1.08. The van der Waals surface area contributed by atoms with Gasteiger partial charge in [-0.1, -0.05) is 29.8 Å². The van der Waals surface area contributed by atoms with Gasteiger partial charge in [-0.15, -0.1) is 11.8 Å². The Kier molecular flexibility index (Phi) is 9.62. The van der Waals surface area contributed by atoms with Crippen molar-refractivity contribution in [2.24, 2.45) is 0 Å². The second-order valence-electron chi connectivity index (χ2n) is 6.86. The van der Waals surface area contributed by atoms with E-state index in [0.717, 1.165) is 36.5 Å². The summed E-state index contributed by atoms with van der Waals surface area (Å²) >= 11 is 8.24. The van der Waals surface area contributed by atoms with E-state index in [2.05, 4.69) is 18.3 Å². The summed E-state index contributed by atoms with van der Waals surface area (Å²) in [4.78, 5) is 20.5. The quantitative estimate of drug-likeness (QED) is 0.536. The molecule has 2 aromatic carbocycles. The van der Waals surface area contributed by atoms with E-state index in [1.165, 1.54) is 28.2 Å². The van der Waals surface area contributed by atoms with Crippen LogP contribution >= 0.6 is 23.4 Å². The predicted molar refractivity (Wildman–Crippen MR) is 117 cm³/mol. The van der Waals surface area contributed by atoms with Gasteiger partial charge in [-0.25, -0.2) is 4.39 Å². The lowest BCUT2D eigenvalue weighted by Crippen LogP contribution is -2.16. The minimum absolute atomic E-state index is 0.196. The van der Waals surface area contributed by atoms with E-state index in [1.54, 1.807) is 11.8 Å². The molecule has 162 valence electrons. The summed E-state index contributed by atoms with van der Waals surface area (Å²) in [5.74, 6) is -2.35. The Morgan fingerprint density at radius 1 is 1.07 bits per heavy atom. The van der Waals surface area contributed by atoms with Gasteiger partial charge in [-0.2, -0.15) is 0 Å². The number of carboxylic acid groups (broad SMARTS) is 2. The third-order valence-corrected chi connectivity index (χ3v) is 6.37. The first kappa shape index (κ1) is 24.2. The molecule has 3 rings (SSSR count). The average Bonchev–Trinajstić information content (AvgIpc) is 2.95. The van der Waals surface area contributed by atoms with Gasteiger partial charge >= 0.3 is 11.9 Å². The second-order valence-corrected chi connectivity index (χ2v) is 8.62. The van der Waals surface area contributed by atoms with Crippen LogP contribution in [0.5, 0.6) is 0 Å². The molecule has 0 spiro atoms. The van der Waals surface area contributed by atoms with Crippen molar-refractivity contribution in [3.63, 3.8) is 0 Å². The van der Waals surface area contributed by atoms with Crippen LogP contribution < -0.4 is 5.32 Å². The van der Waals surface area contributed by atoms with Crippen molar-refractivity contribution < 1.29 is 24.2 Å². The molecule has 30 heavy (non-hydrogen) atoms. The largest absolute Gasteiger partial charge is 0.481 e. The Bertz CT molecular complexity index is 862. The molecule has 2 aromatic rings. The summed E-state index contributed by atoms with van der Waals surface area (Å²) in [6, 6.07) is 10.9. The first-order valence-corrected chi connectivity index (χ1v) is 10.9. The highest BCUT2D eigenvalue weighted by molar-refractivity contribution is 7.99. The molecule has 1 unspecified atom stereocenters. The molecule has 1 aliphatic rings. The number of benzene rings is 2. The lowest BCUT2D eigenvalue weighted by molar-refractivity contribution is -0.143. The normalized spacial score (nSPS) is 14.0. The Labute approximate surface area is 184 Å². The highest BCUT2D eigenvalue weighted by atomic mass is 35.5. The Hall–Kier alpha value is -2.09. The van der Waals surface area contributed by atoms with Gasteiger partial charge in [0.1, 0.15) is 5.82 Å². The Morgan fingerprint density at radius 2 is 1.67 bits per heavy atom. The molecule has 0 saturated heterocycles. The molecule has 1 atom stereocenters. The molecule has 0 bridgehead atoms. The zero-order valence-electron chi connectivity index (χ0n) is 16.7. The van der Waals surface area contributed by atoms with E-state index >= 15 is 0 Å². The van der Waals surface area contributed by atoms with Gasteiger partial charge in [0.25, 0.3) is 0 Å². The zero-order valence-corrected chi connectivity index (χ0v) is 18.2. The van der Waals surface area contributed by atoms with Crippen LogP contribution in [0.15, 0.2) is 41.3 Å². The van der Waals surface area contributed by atoms with E-state index in [1.807, 2.05) is 18.2 Å². The summed E-state index contributed by atoms with van der Waals surface area (Å²) in [5.41, 5.74) is 3.88. The Balaban J connectivity index is 0.000000343. The van der Waals surface area contributed by atoms with E-state index in [9.17, 15) is 14.0 Å². The van der Waals surface area contributed by atoms with Crippen LogP contribution in [0, 0.1) is 5.82 Å². The molecule has 0 aromatic heterocycles. The van der Waals surface area contributed by atoms with E-state index < -0.39 is 11.9 Å². The third-order valence-electron chi connectivity index (χ3n) is 4.62. The van der Waals surface area contributed by atoms with Crippen LogP contribution in [0.3, 0.4) is 0 Å². The summed E-state index contributed by atoms with van der Waals surface area (Å²) in [5, 5.41) is 20.3. The minimum Gasteiger partial charge on any atom is -0.481 e. The maximum atomic E-state index is 13.1. The predicted octanol–water partition coefficient (Wildman–Crippen LogP) is 4.96. The summed E-state index contributed by atoms with van der Waals surface area (Å²) in [7, 11) is 0. The van der Waals surface area contributed by atoms with Gasteiger partial charge in [0.05, 0.1) is 17.9 Å². The first-order chi connectivity index (χ1) is 14.3. The van der Waals surface area contributed by atoms with Crippen LogP contribution in [0.2, 0.25) is 5.02 Å². The van der Waals surface area contributed by atoms with Crippen molar-refractivity contribution in [3.05, 3.63) is 63.9 Å². The van der Waals surface area contributed by atoms with Crippen molar-refractivity contribution in [2.75, 3.05) is 13.1 Å². The molecule has 1 heterocycles. The van der Waals surface area contributed by atoms with Crippen LogP contribution in [0.4, 0.5) is 4.39 Å². The standard InChI is InChI=1S/C18H19ClFNS.C4H6O4/c1-12(13-2-5-15(20)6-3-13)22-18-16-9-11-21-10-8-14(16)4-7-17(18)19;5-3(6)1-2-4(7)8/h2-7,12,21H,8-11H2,1H3;1-2H2,(H,5,6)(H,7,8). The van der Waals surface area contributed by atoms with Crippen molar-refractivity contribution in [1.82, 2.24) is 5.32 Å². The van der Waals surface area contributed by atoms with Crippen LogP contribution in [-0.2, 0) is 22.4 Å². The number of rotatable bonds is 6. The fourth-order valence-corrected chi connectivity index (χ4v) is 4.54. The Morgan fingerprint density at radius 3 is 2.27 bits per heavy atom. The summed E-state index contributed by atoms with van der Waals surface area (Å²) in [6.45, 7) is 4.15. The number of carbonyl (C=O) groups is 2. The SMILES string of the molecule is CC(Sc1c(Cl)ccc2c1CCNCC2)c1ccc(F)cc1.O=C(O)CCC(=O)O. The summed E-state index contributed by atoms with van der Waals surface area (Å²) in [6.07, 6.45) is 1.46. The monoisotopic (exact) mass is 453 g/mol. The molecule has 0 amide bonds. The lowest BCUT2D eigenvalue weighted by atomic mass is 10.0. The molecular formula is C22H25ClFNO4S. The van der Waals surface area contributed by atoms with Gasteiger partial charge in [0.15, 0.2) is 0 Å². The first-order valence-electron chi connectivity index (χ1n) is 9.64. The van der Waals surface area contributed by atoms with Crippen molar-refractivity contribution >= 4 is 35.3 Å². The number of hydrogen-bond donors (Lipinski definition) is 3. The van der Waals surface area contributed by atoms with Gasteiger partial charge < -0.3 is 15.5 Å². The molecule has 5 nitrogen and oxygen atoms in total. The van der Waals surface area contributed by atoms with Crippen LogP contribution in [0.25, 0.3) is 0 Å². The number of nitrogens with one attached hydrogen (secondary N) is 1. The number of fused-ring (bicyclic) bond motifs is 1. The smallest absolute Gasteiger partial charge is 0.303 e. The van der Waals surface area contributed by atoms with Crippen molar-refractivity contribution in [1.29, 1.82) is 0 Å². The maximum absolute atomic E-state index is 13.1. The molecule has 0 radical (unpaired) electrons. The van der Waals surface area contributed by atoms with Gasteiger partial charge in [0, 0.05) is 10.1 Å². The number of thioether (sulfide) groups is 1. The molecule has 8 heteroatoms. The highest BCUT2D eigenvalue weighted by Gasteiger charge is 2.18. The van der Waals surface area contributed by atoms with E-state index in [0.29, 0.717) is 0 Å². The molecule has 0 saturated carbocycles. The van der Waals surface area contributed by atoms with E-state index in [4.69, 9.17) is 21.8 Å². The number of aliphatic carboxylic acids is 2. The molecular weight excluding hydrogens is 429 g/mol. The zero-order chi connectivity index (χ0) is 22.1. The number of halogens is 2. The van der Waals surface area contributed by atoms with E-state index in [-0.39, 0.29) is 23.9 Å². The molecule has 1 aliphatic heterocycles. The second kappa shape index (κ2) is 11.9. The highest BCUT2D eigenvalue weighted by Crippen LogP contribution is 2.42.